The molecule has 0 aromatic heterocycles. The molecule has 5 rings (SSSR count). The topological polar surface area (TPSA) is 32.8 Å². The summed E-state index contributed by atoms with van der Waals surface area (Å²) in [4.78, 5) is 13.0. The first kappa shape index (κ1) is 17.5. The summed E-state index contributed by atoms with van der Waals surface area (Å²) in [6, 6.07) is 17.0. The summed E-state index contributed by atoms with van der Waals surface area (Å²) >= 11 is 0. The van der Waals surface area contributed by atoms with Crippen LogP contribution >= 0.6 is 0 Å². The van der Waals surface area contributed by atoms with E-state index in [4.69, 9.17) is 4.74 Å². The quantitative estimate of drug-likeness (QED) is 0.772. The van der Waals surface area contributed by atoms with Crippen molar-refractivity contribution in [2.24, 2.45) is 0 Å². The number of hydrogen-bond donors (Lipinski definition) is 0. The van der Waals surface area contributed by atoms with Crippen LogP contribution in [0.5, 0.6) is 5.75 Å². The predicted octanol–water partition coefficient (Wildman–Crippen LogP) is 4.57. The average Bonchev–Trinajstić information content (AvgIpc) is 3.21. The molecule has 2 aromatic rings. The van der Waals surface area contributed by atoms with Crippen molar-refractivity contribution in [3.05, 3.63) is 70.8 Å². The van der Waals surface area contributed by atoms with Crippen LogP contribution < -0.4 is 4.74 Å². The summed E-state index contributed by atoms with van der Waals surface area (Å²) in [6.07, 6.45) is 0.548. The van der Waals surface area contributed by atoms with Crippen LogP contribution in [0.15, 0.2) is 54.1 Å². The molecule has 2 fully saturated rings. The van der Waals surface area contributed by atoms with Gasteiger partial charge in [0.05, 0.1) is 18.7 Å². The van der Waals surface area contributed by atoms with Gasteiger partial charge in [-0.1, -0.05) is 36.4 Å². The molecule has 3 aliphatic rings. The van der Waals surface area contributed by atoms with E-state index in [0.29, 0.717) is 6.42 Å². The number of hydrazine groups is 1. The highest BCUT2D eigenvalue weighted by Gasteiger charge is 2.63. The Labute approximate surface area is 166 Å². The lowest BCUT2D eigenvalue weighted by molar-refractivity contribution is -0.145. The number of nitrogens with zero attached hydrogens (tertiary/aromatic N) is 2. The van der Waals surface area contributed by atoms with E-state index in [1.807, 2.05) is 17.1 Å². The zero-order valence-corrected chi connectivity index (χ0v) is 17.1. The van der Waals surface area contributed by atoms with Crippen molar-refractivity contribution < 1.29 is 9.53 Å². The van der Waals surface area contributed by atoms with Gasteiger partial charge in [0.2, 0.25) is 5.91 Å². The highest BCUT2D eigenvalue weighted by Crippen LogP contribution is 2.61. The molecular formula is C24H26N2O2. The first-order valence-electron chi connectivity index (χ1n) is 9.88. The Bertz CT molecular complexity index is 1020. The molecule has 0 saturated carbocycles. The summed E-state index contributed by atoms with van der Waals surface area (Å²) in [5.41, 5.74) is 5.61. The molecule has 0 radical (unpaired) electrons. The van der Waals surface area contributed by atoms with Gasteiger partial charge in [0.25, 0.3) is 0 Å². The zero-order valence-electron chi connectivity index (χ0n) is 17.1. The lowest BCUT2D eigenvalue weighted by Crippen LogP contribution is -2.49. The Balaban J connectivity index is 1.85. The van der Waals surface area contributed by atoms with E-state index in [1.165, 1.54) is 27.8 Å². The van der Waals surface area contributed by atoms with Crippen LogP contribution in [0.25, 0.3) is 5.57 Å². The van der Waals surface area contributed by atoms with Gasteiger partial charge in [0.15, 0.2) is 0 Å². The first-order valence-corrected chi connectivity index (χ1v) is 9.88. The van der Waals surface area contributed by atoms with Crippen molar-refractivity contribution in [2.75, 3.05) is 7.11 Å². The van der Waals surface area contributed by atoms with E-state index >= 15 is 0 Å². The number of methoxy groups -OCH3 is 1. The Kier molecular flexibility index (Phi) is 3.43. The van der Waals surface area contributed by atoms with Crippen LogP contribution in [0, 0.1) is 0 Å². The van der Waals surface area contributed by atoms with E-state index in [1.54, 1.807) is 7.11 Å². The molecule has 1 aliphatic carbocycles. The third-order valence-electron chi connectivity index (χ3n) is 6.52. The number of benzene rings is 2. The fraction of sp³-hybridized carbons (Fsp3) is 0.375. The lowest BCUT2D eigenvalue weighted by atomic mass is 9.85. The Morgan fingerprint density at radius 2 is 1.75 bits per heavy atom. The van der Waals surface area contributed by atoms with E-state index in [9.17, 15) is 4.79 Å². The van der Waals surface area contributed by atoms with Gasteiger partial charge < -0.3 is 4.74 Å². The van der Waals surface area contributed by atoms with E-state index < -0.39 is 0 Å². The van der Waals surface area contributed by atoms with Crippen LogP contribution in [0.2, 0.25) is 0 Å². The Morgan fingerprint density at radius 3 is 2.43 bits per heavy atom. The van der Waals surface area contributed by atoms with Crippen molar-refractivity contribution in [1.29, 1.82) is 0 Å². The van der Waals surface area contributed by atoms with Gasteiger partial charge in [-0.3, -0.25) is 9.80 Å². The number of ether oxygens (including phenoxy) is 1. The molecule has 144 valence electrons. The normalized spacial score (nSPS) is 24.4. The van der Waals surface area contributed by atoms with E-state index in [2.05, 4.69) is 69.1 Å². The summed E-state index contributed by atoms with van der Waals surface area (Å²) in [7, 11) is 1.71. The number of hydrogen-bond acceptors (Lipinski definition) is 3. The largest absolute Gasteiger partial charge is 0.497 e. The summed E-state index contributed by atoms with van der Waals surface area (Å²) < 4.78 is 5.54. The average molecular weight is 374 g/mol. The molecule has 0 N–H and O–H groups in total. The van der Waals surface area contributed by atoms with Gasteiger partial charge in [0, 0.05) is 12.0 Å². The Morgan fingerprint density at radius 1 is 1.04 bits per heavy atom. The van der Waals surface area contributed by atoms with Crippen LogP contribution in [0.4, 0.5) is 0 Å². The fourth-order valence-corrected chi connectivity index (χ4v) is 5.44. The van der Waals surface area contributed by atoms with Gasteiger partial charge >= 0.3 is 0 Å². The van der Waals surface area contributed by atoms with Gasteiger partial charge in [-0.25, -0.2) is 5.01 Å². The van der Waals surface area contributed by atoms with Crippen molar-refractivity contribution in [2.45, 2.75) is 51.2 Å². The molecule has 1 amide bonds. The van der Waals surface area contributed by atoms with Crippen molar-refractivity contribution in [1.82, 2.24) is 10.0 Å². The second-order valence-corrected chi connectivity index (χ2v) is 9.11. The number of fused-ring (bicyclic) bond motifs is 5. The van der Waals surface area contributed by atoms with E-state index in [-0.39, 0.29) is 23.0 Å². The highest BCUT2D eigenvalue weighted by atomic mass is 16.5. The fourth-order valence-electron chi connectivity index (χ4n) is 5.44. The third kappa shape index (κ3) is 2.07. The van der Waals surface area contributed by atoms with E-state index in [0.717, 1.165) is 5.75 Å². The zero-order chi connectivity index (χ0) is 19.8. The van der Waals surface area contributed by atoms with Crippen LogP contribution in [-0.4, -0.2) is 34.1 Å². The Hall–Kier alpha value is -2.59. The maximum absolute atomic E-state index is 13.0. The smallest absolute Gasteiger partial charge is 0.239 e. The molecule has 2 heterocycles. The minimum absolute atomic E-state index is 0.0764. The van der Waals surface area contributed by atoms with Gasteiger partial charge in [0.1, 0.15) is 5.75 Å². The monoisotopic (exact) mass is 374 g/mol. The first-order chi connectivity index (χ1) is 13.3. The molecule has 28 heavy (non-hydrogen) atoms. The number of amides is 1. The molecule has 1 atom stereocenters. The summed E-state index contributed by atoms with van der Waals surface area (Å²) in [5.74, 6) is 1.07. The van der Waals surface area contributed by atoms with Crippen LogP contribution in [-0.2, 0) is 4.79 Å². The molecular weight excluding hydrogens is 348 g/mol. The maximum atomic E-state index is 13.0. The number of carbonyl (C=O) groups excluding carboxylic acids is 1. The molecule has 2 aromatic carbocycles. The highest BCUT2D eigenvalue weighted by molar-refractivity contribution is 5.93. The molecule has 0 spiro atoms. The van der Waals surface area contributed by atoms with Crippen molar-refractivity contribution >= 4 is 11.5 Å². The molecule has 2 aliphatic heterocycles. The second-order valence-electron chi connectivity index (χ2n) is 9.11. The van der Waals surface area contributed by atoms with Crippen LogP contribution in [0.1, 0.15) is 56.8 Å². The number of rotatable bonds is 2. The van der Waals surface area contributed by atoms with Gasteiger partial charge in [-0.05, 0) is 67.7 Å². The van der Waals surface area contributed by atoms with Crippen LogP contribution in [0.3, 0.4) is 0 Å². The summed E-state index contributed by atoms with van der Waals surface area (Å²) in [5, 5.41) is 4.34. The lowest BCUT2D eigenvalue weighted by Gasteiger charge is -2.38. The number of carbonyl (C=O) groups is 1. The van der Waals surface area contributed by atoms with Gasteiger partial charge in [-0.15, -0.1) is 0 Å². The third-order valence-corrected chi connectivity index (χ3v) is 6.52. The standard InChI is InChI=1S/C24H26N2O2/c1-23(2)14-19(27)25-24(3,4)21-20(15-9-7-6-8-10-15)18-13-16(28-5)11-12-17(18)22(21)26(23)25/h6-13,22H,14H2,1-5H3. The van der Waals surface area contributed by atoms with Crippen molar-refractivity contribution in [3.8, 4) is 5.75 Å². The van der Waals surface area contributed by atoms with Crippen molar-refractivity contribution in [3.63, 3.8) is 0 Å². The molecule has 0 bridgehead atoms. The van der Waals surface area contributed by atoms with Gasteiger partial charge in [-0.2, -0.15) is 0 Å². The predicted molar refractivity (Wildman–Crippen MR) is 110 cm³/mol. The minimum Gasteiger partial charge on any atom is -0.497 e. The molecule has 4 nitrogen and oxygen atoms in total. The summed E-state index contributed by atoms with van der Waals surface area (Å²) in [6.45, 7) is 8.71. The second kappa shape index (κ2) is 5.48. The maximum Gasteiger partial charge on any atom is 0.239 e. The minimum atomic E-state index is -0.382. The molecule has 4 heteroatoms. The SMILES string of the molecule is COc1ccc2c(c1)C(c1ccccc1)=C1C2N2N(C(=O)CC2(C)C)C1(C)C. The molecule has 1 unspecified atom stereocenters. The molecule has 2 saturated heterocycles.